The quantitative estimate of drug-likeness (QED) is 0.764. The highest BCUT2D eigenvalue weighted by Gasteiger charge is 2.34. The molecule has 154 valence electrons. The minimum atomic E-state index is 0.115. The number of allylic oxidation sites excluding steroid dienone is 3. The van der Waals surface area contributed by atoms with Gasteiger partial charge >= 0.3 is 0 Å². The summed E-state index contributed by atoms with van der Waals surface area (Å²) in [6.45, 7) is 6.83. The zero-order valence-corrected chi connectivity index (χ0v) is 17.7. The number of hydrogen-bond acceptors (Lipinski definition) is 3. The first kappa shape index (κ1) is 20.2. The summed E-state index contributed by atoms with van der Waals surface area (Å²) >= 11 is 6.01. The number of amides is 2. The van der Waals surface area contributed by atoms with Crippen LogP contribution in [-0.4, -0.2) is 71.8 Å². The molecule has 2 amide bonds. The third kappa shape index (κ3) is 4.57. The van der Waals surface area contributed by atoms with E-state index in [0.717, 1.165) is 80.3 Å². The molecule has 29 heavy (non-hydrogen) atoms. The smallest absolute Gasteiger partial charge is 0.253 e. The van der Waals surface area contributed by atoms with Crippen LogP contribution in [0.15, 0.2) is 47.0 Å². The Bertz CT molecular complexity index is 838. The summed E-state index contributed by atoms with van der Waals surface area (Å²) in [7, 11) is 0. The number of likely N-dealkylation sites (tertiary alicyclic amines) is 1. The van der Waals surface area contributed by atoms with Crippen LogP contribution in [0, 0.1) is 6.92 Å². The van der Waals surface area contributed by atoms with E-state index in [1.807, 2.05) is 53.1 Å². The maximum Gasteiger partial charge on any atom is 0.253 e. The van der Waals surface area contributed by atoms with E-state index in [9.17, 15) is 9.59 Å². The van der Waals surface area contributed by atoms with Crippen LogP contribution >= 0.6 is 11.6 Å². The van der Waals surface area contributed by atoms with Crippen LogP contribution in [0.25, 0.3) is 0 Å². The zero-order valence-electron chi connectivity index (χ0n) is 16.9. The maximum atomic E-state index is 12.8. The highest BCUT2D eigenvalue weighted by atomic mass is 35.5. The molecule has 1 atom stereocenters. The highest BCUT2D eigenvalue weighted by Crippen LogP contribution is 2.25. The lowest BCUT2D eigenvalue weighted by atomic mass is 10.0. The monoisotopic (exact) mass is 413 g/mol. The summed E-state index contributed by atoms with van der Waals surface area (Å²) in [6.07, 6.45) is 6.21. The van der Waals surface area contributed by atoms with Gasteiger partial charge in [-0.25, -0.2) is 0 Å². The maximum absolute atomic E-state index is 12.8. The van der Waals surface area contributed by atoms with Crippen molar-refractivity contribution in [1.82, 2.24) is 14.7 Å². The molecule has 2 aliphatic heterocycles. The molecule has 4 rings (SSSR count). The van der Waals surface area contributed by atoms with Crippen molar-refractivity contribution >= 4 is 23.4 Å². The summed E-state index contributed by atoms with van der Waals surface area (Å²) in [5.74, 6) is 0.268. The largest absolute Gasteiger partial charge is 0.337 e. The SMILES string of the molecule is Cc1ccc(C(=O)N2CCN(C3CCN(C(=O)C4=CC=C(Cl)CC4)C3)CC2)cc1. The molecule has 0 aromatic heterocycles. The number of rotatable bonds is 3. The van der Waals surface area contributed by atoms with Gasteiger partial charge in [0.15, 0.2) is 0 Å². The van der Waals surface area contributed by atoms with Crippen LogP contribution in [0.4, 0.5) is 0 Å². The Morgan fingerprint density at radius 1 is 0.897 bits per heavy atom. The van der Waals surface area contributed by atoms with Crippen LogP contribution in [0.3, 0.4) is 0 Å². The summed E-state index contributed by atoms with van der Waals surface area (Å²) in [6, 6.07) is 8.18. The van der Waals surface area contributed by atoms with Crippen molar-refractivity contribution < 1.29 is 9.59 Å². The Morgan fingerprint density at radius 3 is 2.28 bits per heavy atom. The fraction of sp³-hybridized carbons (Fsp3) is 0.478. The number of hydrogen-bond donors (Lipinski definition) is 0. The van der Waals surface area contributed by atoms with Crippen molar-refractivity contribution in [3.05, 3.63) is 58.1 Å². The molecule has 1 unspecified atom stereocenters. The van der Waals surface area contributed by atoms with Crippen molar-refractivity contribution in [2.45, 2.75) is 32.2 Å². The molecule has 2 heterocycles. The van der Waals surface area contributed by atoms with Gasteiger partial charge in [-0.15, -0.1) is 0 Å². The number of nitrogens with zero attached hydrogens (tertiary/aromatic N) is 3. The van der Waals surface area contributed by atoms with Gasteiger partial charge in [0, 0.05) is 61.5 Å². The van der Waals surface area contributed by atoms with Gasteiger partial charge in [0.05, 0.1) is 0 Å². The molecule has 3 aliphatic rings. The summed E-state index contributed by atoms with van der Waals surface area (Å²) < 4.78 is 0. The molecule has 6 heteroatoms. The lowest BCUT2D eigenvalue weighted by Gasteiger charge is -2.38. The van der Waals surface area contributed by atoms with Crippen molar-refractivity contribution in [1.29, 1.82) is 0 Å². The fourth-order valence-corrected chi connectivity index (χ4v) is 4.54. The minimum Gasteiger partial charge on any atom is -0.337 e. The second-order valence-electron chi connectivity index (χ2n) is 8.19. The van der Waals surface area contributed by atoms with Crippen LogP contribution in [0.5, 0.6) is 0 Å². The minimum absolute atomic E-state index is 0.115. The lowest BCUT2D eigenvalue weighted by molar-refractivity contribution is -0.126. The average molecular weight is 414 g/mol. The Morgan fingerprint density at radius 2 is 1.62 bits per heavy atom. The average Bonchev–Trinajstić information content (AvgIpc) is 3.24. The lowest BCUT2D eigenvalue weighted by Crippen LogP contribution is -2.52. The highest BCUT2D eigenvalue weighted by molar-refractivity contribution is 6.29. The van der Waals surface area contributed by atoms with E-state index in [1.165, 1.54) is 0 Å². The van der Waals surface area contributed by atoms with Crippen LogP contribution in [0.1, 0.15) is 35.2 Å². The van der Waals surface area contributed by atoms with Gasteiger partial charge in [0.1, 0.15) is 0 Å². The van der Waals surface area contributed by atoms with Crippen molar-refractivity contribution in [2.75, 3.05) is 39.3 Å². The van der Waals surface area contributed by atoms with Gasteiger partial charge in [-0.2, -0.15) is 0 Å². The first-order valence-electron chi connectivity index (χ1n) is 10.5. The Hall–Kier alpha value is -2.11. The van der Waals surface area contributed by atoms with E-state index >= 15 is 0 Å². The Labute approximate surface area is 177 Å². The molecule has 2 fully saturated rings. The van der Waals surface area contributed by atoms with Crippen LogP contribution in [-0.2, 0) is 4.79 Å². The van der Waals surface area contributed by atoms with E-state index < -0.39 is 0 Å². The number of benzene rings is 1. The molecule has 1 aliphatic carbocycles. The van der Waals surface area contributed by atoms with E-state index in [2.05, 4.69) is 4.90 Å². The van der Waals surface area contributed by atoms with Gasteiger partial charge in [-0.05, 0) is 44.4 Å². The van der Waals surface area contributed by atoms with Crippen molar-refractivity contribution in [2.24, 2.45) is 0 Å². The molecule has 0 spiro atoms. The second kappa shape index (κ2) is 8.72. The van der Waals surface area contributed by atoms with Crippen LogP contribution in [0.2, 0.25) is 0 Å². The van der Waals surface area contributed by atoms with E-state index in [1.54, 1.807) is 0 Å². The number of aryl methyl sites for hydroxylation is 1. The van der Waals surface area contributed by atoms with Gasteiger partial charge in [0.2, 0.25) is 5.91 Å². The first-order chi connectivity index (χ1) is 14.0. The predicted octanol–water partition coefficient (Wildman–Crippen LogP) is 3.20. The van der Waals surface area contributed by atoms with Gasteiger partial charge < -0.3 is 9.80 Å². The normalized spacial score (nSPS) is 23.0. The Kier molecular flexibility index (Phi) is 6.07. The second-order valence-corrected chi connectivity index (χ2v) is 8.68. The van der Waals surface area contributed by atoms with Crippen molar-refractivity contribution in [3.8, 4) is 0 Å². The first-order valence-corrected chi connectivity index (χ1v) is 10.8. The number of piperazine rings is 1. The third-order valence-corrected chi connectivity index (χ3v) is 6.56. The molecule has 1 aromatic carbocycles. The molecule has 0 saturated carbocycles. The van der Waals surface area contributed by atoms with E-state index in [4.69, 9.17) is 11.6 Å². The molecular weight excluding hydrogens is 386 g/mol. The van der Waals surface area contributed by atoms with E-state index in [0.29, 0.717) is 6.04 Å². The van der Waals surface area contributed by atoms with Gasteiger partial charge in [-0.1, -0.05) is 35.4 Å². The Balaban J connectivity index is 1.29. The zero-order chi connectivity index (χ0) is 20.4. The summed E-state index contributed by atoms with van der Waals surface area (Å²) in [4.78, 5) is 31.9. The topological polar surface area (TPSA) is 43.9 Å². The number of carbonyl (C=O) groups excluding carboxylic acids is 2. The van der Waals surface area contributed by atoms with E-state index in [-0.39, 0.29) is 11.8 Å². The molecule has 0 N–H and O–H groups in total. The molecule has 2 saturated heterocycles. The summed E-state index contributed by atoms with van der Waals surface area (Å²) in [5.41, 5.74) is 2.79. The molecule has 1 aromatic rings. The predicted molar refractivity (Wildman–Crippen MR) is 115 cm³/mol. The number of halogens is 1. The summed E-state index contributed by atoms with van der Waals surface area (Å²) in [5, 5.41) is 0.818. The molecular formula is C23H28ClN3O2. The standard InChI is InChI=1S/C23H28ClN3O2/c1-17-2-4-18(5-3-17)22(28)26-14-12-25(13-15-26)21-10-11-27(16-21)23(29)19-6-8-20(24)9-7-19/h2-6,8,21H,7,9-16H2,1H3. The van der Waals surface area contributed by atoms with Gasteiger partial charge in [-0.3, -0.25) is 14.5 Å². The third-order valence-electron chi connectivity index (χ3n) is 6.24. The molecule has 0 radical (unpaired) electrons. The van der Waals surface area contributed by atoms with Crippen LogP contribution < -0.4 is 0 Å². The fourth-order valence-electron chi connectivity index (χ4n) is 4.39. The van der Waals surface area contributed by atoms with Crippen molar-refractivity contribution in [3.63, 3.8) is 0 Å². The number of carbonyl (C=O) groups is 2. The molecule has 5 nitrogen and oxygen atoms in total. The molecule has 0 bridgehead atoms. The van der Waals surface area contributed by atoms with Gasteiger partial charge in [0.25, 0.3) is 5.91 Å².